The van der Waals surface area contributed by atoms with Gasteiger partial charge in [-0.2, -0.15) is 0 Å². The van der Waals surface area contributed by atoms with Gasteiger partial charge < -0.3 is 0 Å². The van der Waals surface area contributed by atoms with Crippen LogP contribution in [0.3, 0.4) is 0 Å². The lowest BCUT2D eigenvalue weighted by molar-refractivity contribution is 0.0963. The molecule has 0 amide bonds. The number of carbonyl (C=O) groups excluding carboxylic acids is 1. The third-order valence-corrected chi connectivity index (χ3v) is 4.93. The lowest BCUT2D eigenvalue weighted by Crippen LogP contribution is -2.12. The van der Waals surface area contributed by atoms with E-state index in [0.29, 0.717) is 12.3 Å². The molecule has 0 aliphatic heterocycles. The van der Waals surface area contributed by atoms with Crippen molar-refractivity contribution in [1.29, 1.82) is 0 Å². The molecule has 0 heterocycles. The molecule has 1 aliphatic rings. The quantitative estimate of drug-likeness (QED) is 0.504. The van der Waals surface area contributed by atoms with Crippen molar-refractivity contribution < 1.29 is 4.79 Å². The van der Waals surface area contributed by atoms with Gasteiger partial charge in [-0.1, -0.05) is 85.7 Å². The summed E-state index contributed by atoms with van der Waals surface area (Å²) in [4.78, 5) is 12.6. The first kappa shape index (κ1) is 16.7. The summed E-state index contributed by atoms with van der Waals surface area (Å²) >= 11 is 0. The molecule has 2 aromatic rings. The Morgan fingerprint density at radius 2 is 1.71 bits per heavy atom. The summed E-state index contributed by atoms with van der Waals surface area (Å²) < 4.78 is 0. The molecule has 0 N–H and O–H groups in total. The molecule has 1 heteroatoms. The first-order valence-electron chi connectivity index (χ1n) is 8.78. The fourth-order valence-corrected chi connectivity index (χ4v) is 3.75. The van der Waals surface area contributed by atoms with E-state index in [1.54, 1.807) is 0 Å². The SMILES string of the molecule is Cc1ccc(CC2=CC(C)(C)CC2CC(=O)c2ccccc2)cc1. The molecule has 0 radical (unpaired) electrons. The first-order chi connectivity index (χ1) is 11.4. The highest BCUT2D eigenvalue weighted by atomic mass is 16.1. The number of carbonyl (C=O) groups is 1. The Labute approximate surface area is 145 Å². The topological polar surface area (TPSA) is 17.1 Å². The average Bonchev–Trinajstić information content (AvgIpc) is 2.84. The van der Waals surface area contributed by atoms with Gasteiger partial charge in [0.25, 0.3) is 0 Å². The molecule has 0 saturated carbocycles. The van der Waals surface area contributed by atoms with Gasteiger partial charge >= 0.3 is 0 Å². The van der Waals surface area contributed by atoms with Crippen molar-refractivity contribution in [2.45, 2.75) is 40.0 Å². The van der Waals surface area contributed by atoms with Crippen molar-refractivity contribution >= 4 is 5.78 Å². The Kier molecular flexibility index (Phi) is 4.71. The molecule has 3 rings (SSSR count). The van der Waals surface area contributed by atoms with Gasteiger partial charge in [-0.15, -0.1) is 0 Å². The maximum Gasteiger partial charge on any atom is 0.163 e. The van der Waals surface area contributed by atoms with Gasteiger partial charge in [0.2, 0.25) is 0 Å². The van der Waals surface area contributed by atoms with Crippen LogP contribution in [0.2, 0.25) is 0 Å². The fraction of sp³-hybridized carbons (Fsp3) is 0.348. The maximum absolute atomic E-state index is 12.6. The molecule has 1 nitrogen and oxygen atoms in total. The minimum atomic E-state index is 0.182. The van der Waals surface area contributed by atoms with Crippen LogP contribution in [0.15, 0.2) is 66.2 Å². The predicted molar refractivity (Wildman–Crippen MR) is 100 cm³/mol. The van der Waals surface area contributed by atoms with Crippen LogP contribution in [0.25, 0.3) is 0 Å². The standard InChI is InChI=1S/C23H26O/c1-17-9-11-18(12-10-17)13-20-15-23(2,3)16-21(20)14-22(24)19-7-5-4-6-8-19/h4-12,15,21H,13-14,16H2,1-3H3. The minimum Gasteiger partial charge on any atom is -0.294 e. The third-order valence-electron chi connectivity index (χ3n) is 4.93. The Hall–Kier alpha value is -2.15. The van der Waals surface area contributed by atoms with E-state index in [0.717, 1.165) is 18.4 Å². The van der Waals surface area contributed by atoms with E-state index in [9.17, 15) is 4.79 Å². The second-order valence-corrected chi connectivity index (χ2v) is 7.76. The van der Waals surface area contributed by atoms with Crippen molar-refractivity contribution in [3.05, 3.63) is 82.9 Å². The monoisotopic (exact) mass is 318 g/mol. The number of aryl methyl sites for hydroxylation is 1. The number of Topliss-reactive ketones (excluding diaryl/α,β-unsaturated/α-hetero) is 1. The number of benzene rings is 2. The van der Waals surface area contributed by atoms with E-state index in [-0.39, 0.29) is 11.2 Å². The zero-order valence-corrected chi connectivity index (χ0v) is 14.9. The Bertz CT molecular complexity index is 735. The number of allylic oxidation sites excluding steroid dienone is 2. The average molecular weight is 318 g/mol. The molecule has 124 valence electrons. The van der Waals surface area contributed by atoms with E-state index in [4.69, 9.17) is 0 Å². The summed E-state index contributed by atoms with van der Waals surface area (Å²) in [7, 11) is 0. The van der Waals surface area contributed by atoms with Crippen LogP contribution < -0.4 is 0 Å². The van der Waals surface area contributed by atoms with Gasteiger partial charge in [0.15, 0.2) is 5.78 Å². The van der Waals surface area contributed by atoms with Crippen LogP contribution in [-0.4, -0.2) is 5.78 Å². The van der Waals surface area contributed by atoms with Crippen LogP contribution in [0.4, 0.5) is 0 Å². The van der Waals surface area contributed by atoms with Gasteiger partial charge in [-0.25, -0.2) is 0 Å². The van der Waals surface area contributed by atoms with Crippen molar-refractivity contribution in [2.75, 3.05) is 0 Å². The van der Waals surface area contributed by atoms with Crippen LogP contribution in [-0.2, 0) is 6.42 Å². The number of rotatable bonds is 5. The van der Waals surface area contributed by atoms with E-state index in [1.807, 2.05) is 30.3 Å². The molecular formula is C23H26O. The van der Waals surface area contributed by atoms with Crippen molar-refractivity contribution in [2.24, 2.45) is 11.3 Å². The van der Waals surface area contributed by atoms with Gasteiger partial charge in [-0.3, -0.25) is 4.79 Å². The maximum atomic E-state index is 12.6. The molecule has 0 bridgehead atoms. The summed E-state index contributed by atoms with van der Waals surface area (Å²) in [5.74, 6) is 0.613. The molecule has 0 spiro atoms. The number of hydrogen-bond donors (Lipinski definition) is 0. The molecule has 2 aromatic carbocycles. The van der Waals surface area contributed by atoms with Gasteiger partial charge in [0.1, 0.15) is 0 Å². The third kappa shape index (κ3) is 4.03. The van der Waals surface area contributed by atoms with Crippen LogP contribution >= 0.6 is 0 Å². The highest BCUT2D eigenvalue weighted by molar-refractivity contribution is 5.96. The predicted octanol–water partition coefficient (Wildman–Crippen LogP) is 5.78. The number of ketones is 1. The first-order valence-corrected chi connectivity index (χ1v) is 8.78. The van der Waals surface area contributed by atoms with Crippen molar-refractivity contribution in [3.63, 3.8) is 0 Å². The molecule has 0 saturated heterocycles. The largest absolute Gasteiger partial charge is 0.294 e. The molecular weight excluding hydrogens is 292 g/mol. The summed E-state index contributed by atoms with van der Waals surface area (Å²) in [5.41, 5.74) is 5.06. The Balaban J connectivity index is 1.75. The summed E-state index contributed by atoms with van der Waals surface area (Å²) in [6, 6.07) is 18.4. The van der Waals surface area contributed by atoms with E-state index < -0.39 is 0 Å². The lowest BCUT2D eigenvalue weighted by atomic mass is 9.85. The van der Waals surface area contributed by atoms with Crippen LogP contribution in [0, 0.1) is 18.3 Å². The smallest absolute Gasteiger partial charge is 0.163 e. The van der Waals surface area contributed by atoms with Crippen LogP contribution in [0.1, 0.15) is 48.2 Å². The zero-order valence-electron chi connectivity index (χ0n) is 14.9. The van der Waals surface area contributed by atoms with Crippen LogP contribution in [0.5, 0.6) is 0 Å². The molecule has 1 unspecified atom stereocenters. The summed E-state index contributed by atoms with van der Waals surface area (Å²) in [6.07, 6.45) is 5.03. The molecule has 24 heavy (non-hydrogen) atoms. The number of hydrogen-bond acceptors (Lipinski definition) is 1. The van der Waals surface area contributed by atoms with Gasteiger partial charge in [0.05, 0.1) is 0 Å². The minimum absolute atomic E-state index is 0.182. The Morgan fingerprint density at radius 3 is 2.38 bits per heavy atom. The highest BCUT2D eigenvalue weighted by Gasteiger charge is 2.32. The molecule has 1 atom stereocenters. The molecule has 0 aromatic heterocycles. The normalized spacial score (nSPS) is 19.1. The van der Waals surface area contributed by atoms with Crippen molar-refractivity contribution in [1.82, 2.24) is 0 Å². The second-order valence-electron chi connectivity index (χ2n) is 7.76. The summed E-state index contributed by atoms with van der Waals surface area (Å²) in [5, 5.41) is 0. The molecule has 0 fully saturated rings. The van der Waals surface area contributed by atoms with Gasteiger partial charge in [0, 0.05) is 12.0 Å². The van der Waals surface area contributed by atoms with E-state index >= 15 is 0 Å². The van der Waals surface area contributed by atoms with Crippen molar-refractivity contribution in [3.8, 4) is 0 Å². The zero-order chi connectivity index (χ0) is 17.2. The highest BCUT2D eigenvalue weighted by Crippen LogP contribution is 2.42. The lowest BCUT2D eigenvalue weighted by Gasteiger charge is -2.18. The van der Waals surface area contributed by atoms with E-state index in [2.05, 4.69) is 51.1 Å². The van der Waals surface area contributed by atoms with E-state index in [1.165, 1.54) is 16.7 Å². The molecule has 1 aliphatic carbocycles. The second kappa shape index (κ2) is 6.76. The Morgan fingerprint density at radius 1 is 1.04 bits per heavy atom. The fourth-order valence-electron chi connectivity index (χ4n) is 3.75. The van der Waals surface area contributed by atoms with Gasteiger partial charge in [-0.05, 0) is 36.7 Å². The summed E-state index contributed by atoms with van der Waals surface area (Å²) in [6.45, 7) is 6.66.